The molecule has 94 valence electrons. The van der Waals surface area contributed by atoms with Crippen LogP contribution in [-0.4, -0.2) is 30.3 Å². The molecule has 0 unspecified atom stereocenters. The molecule has 0 bridgehead atoms. The van der Waals surface area contributed by atoms with Crippen LogP contribution >= 0.6 is 0 Å². The number of hydrogen-bond acceptors (Lipinski definition) is 3. The first-order chi connectivity index (χ1) is 7.37. The molecule has 1 rings (SSSR count). The van der Waals surface area contributed by atoms with Crippen LogP contribution in [0.25, 0.3) is 0 Å². The molecular weight excluding hydrogens is 204 g/mol. The van der Waals surface area contributed by atoms with Crippen molar-refractivity contribution in [2.24, 2.45) is 0 Å². The summed E-state index contributed by atoms with van der Waals surface area (Å²) in [7, 11) is 0. The van der Waals surface area contributed by atoms with Gasteiger partial charge < -0.3 is 15.4 Å². The molecule has 4 nitrogen and oxygen atoms in total. The lowest BCUT2D eigenvalue weighted by molar-refractivity contribution is 0.0519. The van der Waals surface area contributed by atoms with Crippen molar-refractivity contribution in [1.29, 1.82) is 0 Å². The van der Waals surface area contributed by atoms with Gasteiger partial charge in [0.15, 0.2) is 0 Å². The van der Waals surface area contributed by atoms with E-state index in [1.807, 2.05) is 20.8 Å². The number of hydrogen-bond donors (Lipinski definition) is 2. The van der Waals surface area contributed by atoms with E-state index in [0.29, 0.717) is 18.6 Å². The second kappa shape index (κ2) is 5.53. The van der Waals surface area contributed by atoms with Gasteiger partial charge in [0.2, 0.25) is 0 Å². The van der Waals surface area contributed by atoms with Crippen molar-refractivity contribution in [3.63, 3.8) is 0 Å². The van der Waals surface area contributed by atoms with Gasteiger partial charge in [-0.15, -0.1) is 0 Å². The summed E-state index contributed by atoms with van der Waals surface area (Å²) in [6.07, 6.45) is 3.25. The fraction of sp³-hybridized carbons (Fsp3) is 0.917. The number of amides is 1. The average molecular weight is 228 g/mol. The van der Waals surface area contributed by atoms with Gasteiger partial charge in [-0.25, -0.2) is 4.79 Å². The number of ether oxygens (including phenoxy) is 1. The minimum absolute atomic E-state index is 0.326. The molecule has 0 spiro atoms. The summed E-state index contributed by atoms with van der Waals surface area (Å²) in [6.45, 7) is 8.44. The molecular formula is C12H24N2O2. The number of carbonyl (C=O) groups excluding carboxylic acids is 1. The second-order valence-corrected chi connectivity index (χ2v) is 5.58. The minimum atomic E-state index is -0.419. The number of nitrogens with one attached hydrogen (secondary N) is 2. The van der Waals surface area contributed by atoms with Crippen molar-refractivity contribution in [1.82, 2.24) is 10.6 Å². The van der Waals surface area contributed by atoms with Crippen LogP contribution in [0.3, 0.4) is 0 Å². The molecule has 16 heavy (non-hydrogen) atoms. The lowest BCUT2D eigenvalue weighted by atomic mass is 10.00. The molecule has 1 aliphatic rings. The van der Waals surface area contributed by atoms with Crippen LogP contribution in [0, 0.1) is 0 Å². The fourth-order valence-corrected chi connectivity index (χ4v) is 1.92. The van der Waals surface area contributed by atoms with Crippen molar-refractivity contribution in [3.05, 3.63) is 0 Å². The van der Waals surface area contributed by atoms with E-state index in [4.69, 9.17) is 4.74 Å². The average Bonchev–Trinajstić information content (AvgIpc) is 2.12. The van der Waals surface area contributed by atoms with Crippen LogP contribution < -0.4 is 10.6 Å². The molecule has 0 saturated carbocycles. The maximum Gasteiger partial charge on any atom is 0.407 e. The summed E-state index contributed by atoms with van der Waals surface area (Å²) >= 11 is 0. The molecule has 0 aromatic rings. The molecule has 1 saturated heterocycles. The number of carbonyl (C=O) groups is 1. The van der Waals surface area contributed by atoms with Crippen molar-refractivity contribution in [3.8, 4) is 0 Å². The van der Waals surface area contributed by atoms with Gasteiger partial charge in [-0.05, 0) is 40.5 Å². The Bertz CT molecular complexity index is 236. The Hall–Kier alpha value is -0.770. The third-order valence-corrected chi connectivity index (χ3v) is 2.60. The molecule has 0 aliphatic carbocycles. The molecule has 0 aromatic heterocycles. The summed E-state index contributed by atoms with van der Waals surface area (Å²) in [6, 6.07) is 0.940. The lowest BCUT2D eigenvalue weighted by Gasteiger charge is -2.29. The Labute approximate surface area is 98.1 Å². The van der Waals surface area contributed by atoms with E-state index in [1.54, 1.807) is 0 Å². The van der Waals surface area contributed by atoms with Crippen LogP contribution in [0.2, 0.25) is 0 Å². The second-order valence-electron chi connectivity index (χ2n) is 5.58. The van der Waals surface area contributed by atoms with Crippen molar-refractivity contribution in [2.75, 3.05) is 6.54 Å². The van der Waals surface area contributed by atoms with Gasteiger partial charge in [0, 0.05) is 18.6 Å². The first-order valence-electron chi connectivity index (χ1n) is 6.10. The van der Waals surface area contributed by atoms with Gasteiger partial charge in [0.1, 0.15) is 5.60 Å². The van der Waals surface area contributed by atoms with E-state index in [9.17, 15) is 4.79 Å². The van der Waals surface area contributed by atoms with Gasteiger partial charge in [-0.3, -0.25) is 0 Å². The monoisotopic (exact) mass is 228 g/mol. The zero-order valence-corrected chi connectivity index (χ0v) is 10.8. The predicted molar refractivity (Wildman–Crippen MR) is 64.5 cm³/mol. The summed E-state index contributed by atoms with van der Waals surface area (Å²) in [5.41, 5.74) is -0.419. The Morgan fingerprint density at radius 1 is 1.44 bits per heavy atom. The third-order valence-electron chi connectivity index (χ3n) is 2.60. The van der Waals surface area contributed by atoms with Crippen molar-refractivity contribution < 1.29 is 9.53 Å². The summed E-state index contributed by atoms with van der Waals surface area (Å²) in [5.74, 6) is 0. The van der Waals surface area contributed by atoms with E-state index in [0.717, 1.165) is 6.42 Å². The highest BCUT2D eigenvalue weighted by molar-refractivity contribution is 5.67. The van der Waals surface area contributed by atoms with E-state index in [1.165, 1.54) is 12.8 Å². The Morgan fingerprint density at radius 2 is 2.12 bits per heavy atom. The van der Waals surface area contributed by atoms with E-state index in [2.05, 4.69) is 17.6 Å². The van der Waals surface area contributed by atoms with E-state index >= 15 is 0 Å². The Morgan fingerprint density at radius 3 is 2.69 bits per heavy atom. The lowest BCUT2D eigenvalue weighted by Crippen LogP contribution is -2.48. The largest absolute Gasteiger partial charge is 0.444 e. The van der Waals surface area contributed by atoms with Crippen molar-refractivity contribution >= 4 is 6.09 Å². The van der Waals surface area contributed by atoms with Crippen LogP contribution in [0.15, 0.2) is 0 Å². The van der Waals surface area contributed by atoms with E-state index in [-0.39, 0.29) is 6.09 Å². The maximum atomic E-state index is 11.4. The van der Waals surface area contributed by atoms with Crippen molar-refractivity contribution in [2.45, 2.75) is 64.6 Å². The van der Waals surface area contributed by atoms with Gasteiger partial charge in [-0.2, -0.15) is 0 Å². The number of rotatable bonds is 2. The topological polar surface area (TPSA) is 50.4 Å². The highest BCUT2D eigenvalue weighted by atomic mass is 16.6. The molecule has 1 amide bonds. The van der Waals surface area contributed by atoms with Gasteiger partial charge >= 0.3 is 6.09 Å². The van der Waals surface area contributed by atoms with Crippen LogP contribution in [-0.2, 0) is 4.74 Å². The molecule has 4 heteroatoms. The highest BCUT2D eigenvalue weighted by Gasteiger charge is 2.20. The zero-order valence-electron chi connectivity index (χ0n) is 10.8. The Kier molecular flexibility index (Phi) is 4.59. The molecule has 1 heterocycles. The number of piperidine rings is 1. The van der Waals surface area contributed by atoms with Gasteiger partial charge in [0.05, 0.1) is 0 Å². The Balaban J connectivity index is 2.21. The summed E-state index contributed by atoms with van der Waals surface area (Å²) in [5, 5.41) is 6.27. The first-order valence-corrected chi connectivity index (χ1v) is 6.10. The molecule has 0 radical (unpaired) electrons. The highest BCUT2D eigenvalue weighted by Crippen LogP contribution is 2.12. The molecule has 1 aliphatic heterocycles. The smallest absolute Gasteiger partial charge is 0.407 e. The van der Waals surface area contributed by atoms with Gasteiger partial charge in [0.25, 0.3) is 0 Å². The van der Waals surface area contributed by atoms with E-state index < -0.39 is 5.60 Å². The number of alkyl carbamates (subject to hydrolysis) is 1. The maximum absolute atomic E-state index is 11.4. The molecule has 0 aromatic carbocycles. The quantitative estimate of drug-likeness (QED) is 0.760. The SMILES string of the molecule is C[C@H]1CCC[C@@H](CNC(=O)OC(C)(C)C)N1. The summed E-state index contributed by atoms with van der Waals surface area (Å²) < 4.78 is 5.18. The predicted octanol–water partition coefficient (Wildman–Crippen LogP) is 2.04. The minimum Gasteiger partial charge on any atom is -0.444 e. The van der Waals surface area contributed by atoms with Crippen LogP contribution in [0.4, 0.5) is 4.79 Å². The third kappa shape index (κ3) is 5.35. The molecule has 2 N–H and O–H groups in total. The standard InChI is InChI=1S/C12H24N2O2/c1-9-6-5-7-10(14-9)8-13-11(15)16-12(2,3)4/h9-10,14H,5-8H2,1-4H3,(H,13,15)/t9-,10-/m0/s1. The fourth-order valence-electron chi connectivity index (χ4n) is 1.92. The zero-order chi connectivity index (χ0) is 12.2. The normalized spacial score (nSPS) is 26.2. The van der Waals surface area contributed by atoms with Crippen LogP contribution in [0.1, 0.15) is 47.0 Å². The van der Waals surface area contributed by atoms with Gasteiger partial charge in [-0.1, -0.05) is 6.42 Å². The molecule has 2 atom stereocenters. The van der Waals surface area contributed by atoms with Crippen LogP contribution in [0.5, 0.6) is 0 Å². The summed E-state index contributed by atoms with van der Waals surface area (Å²) in [4.78, 5) is 11.4. The molecule has 1 fully saturated rings. The first kappa shape index (κ1) is 13.3.